The summed E-state index contributed by atoms with van der Waals surface area (Å²) >= 11 is 0. The molecule has 0 fully saturated rings. The second-order valence-electron chi connectivity index (χ2n) is 4.41. The molecule has 20 heavy (non-hydrogen) atoms. The second kappa shape index (κ2) is 5.01. The van der Waals surface area contributed by atoms with Crippen LogP contribution in [0.1, 0.15) is 5.56 Å². The van der Waals surface area contributed by atoms with Crippen molar-refractivity contribution in [2.75, 3.05) is 0 Å². The van der Waals surface area contributed by atoms with E-state index in [1.165, 1.54) is 4.68 Å². The Morgan fingerprint density at radius 3 is 2.65 bits per heavy atom. The van der Waals surface area contributed by atoms with E-state index < -0.39 is 0 Å². The fourth-order valence-corrected chi connectivity index (χ4v) is 2.03. The number of aromatic amines is 1. The van der Waals surface area contributed by atoms with Crippen LogP contribution >= 0.6 is 0 Å². The van der Waals surface area contributed by atoms with Crippen molar-refractivity contribution in [2.45, 2.75) is 0 Å². The first-order valence-corrected chi connectivity index (χ1v) is 6.23. The van der Waals surface area contributed by atoms with Gasteiger partial charge in [-0.25, -0.2) is 4.68 Å². The molecule has 1 aromatic carbocycles. The third-order valence-electron chi connectivity index (χ3n) is 3.02. The van der Waals surface area contributed by atoms with Gasteiger partial charge in [0, 0.05) is 12.4 Å². The fourth-order valence-electron chi connectivity index (χ4n) is 2.03. The van der Waals surface area contributed by atoms with Crippen molar-refractivity contribution in [1.82, 2.24) is 14.8 Å². The Bertz CT molecular complexity index is 877. The molecule has 0 amide bonds. The van der Waals surface area contributed by atoms with Crippen molar-refractivity contribution in [3.63, 3.8) is 0 Å². The SMILES string of the molecule is C=c1[nH]n(-c2ccccc2)c(=O)c1=Cc1cccnc1. The lowest BCUT2D eigenvalue weighted by molar-refractivity contribution is 0.838. The summed E-state index contributed by atoms with van der Waals surface area (Å²) in [4.78, 5) is 16.5. The molecular formula is C16H13N3O. The van der Waals surface area contributed by atoms with Crippen LogP contribution in [-0.4, -0.2) is 14.8 Å². The molecule has 0 radical (unpaired) electrons. The van der Waals surface area contributed by atoms with Crippen molar-refractivity contribution >= 4 is 12.7 Å². The van der Waals surface area contributed by atoms with Gasteiger partial charge in [0.1, 0.15) is 0 Å². The van der Waals surface area contributed by atoms with Crippen LogP contribution in [0.4, 0.5) is 0 Å². The number of aromatic nitrogens is 3. The number of nitrogens with one attached hydrogen (secondary N) is 1. The number of para-hydroxylation sites is 1. The summed E-state index contributed by atoms with van der Waals surface area (Å²) in [6.45, 7) is 3.90. The fraction of sp³-hybridized carbons (Fsp3) is 0. The molecule has 0 saturated carbocycles. The largest absolute Gasteiger partial charge is 0.291 e. The van der Waals surface area contributed by atoms with Crippen LogP contribution < -0.4 is 16.1 Å². The van der Waals surface area contributed by atoms with E-state index in [9.17, 15) is 4.79 Å². The first-order chi connectivity index (χ1) is 9.75. The second-order valence-corrected chi connectivity index (χ2v) is 4.41. The first kappa shape index (κ1) is 12.2. The molecule has 3 aromatic rings. The highest BCUT2D eigenvalue weighted by Crippen LogP contribution is 2.00. The van der Waals surface area contributed by atoms with Crippen molar-refractivity contribution < 1.29 is 0 Å². The Kier molecular flexibility index (Phi) is 3.05. The maximum Gasteiger partial charge on any atom is 0.279 e. The van der Waals surface area contributed by atoms with Gasteiger partial charge in [-0.05, 0) is 29.8 Å². The summed E-state index contributed by atoms with van der Waals surface area (Å²) in [7, 11) is 0. The summed E-state index contributed by atoms with van der Waals surface area (Å²) in [5, 5.41) is 4.12. The standard InChI is InChI=1S/C16H13N3O/c1-12-15(10-13-6-5-9-17-11-13)16(20)19(18-12)14-7-3-2-4-8-14/h2-11,18H,1H2. The van der Waals surface area contributed by atoms with E-state index in [0.717, 1.165) is 11.3 Å². The monoisotopic (exact) mass is 263 g/mol. The van der Waals surface area contributed by atoms with Crippen LogP contribution in [0.15, 0.2) is 59.7 Å². The van der Waals surface area contributed by atoms with Gasteiger partial charge in [0.25, 0.3) is 5.56 Å². The van der Waals surface area contributed by atoms with Gasteiger partial charge < -0.3 is 0 Å². The molecule has 0 bridgehead atoms. The first-order valence-electron chi connectivity index (χ1n) is 6.23. The van der Waals surface area contributed by atoms with Crippen LogP contribution in [0, 0.1) is 0 Å². The topological polar surface area (TPSA) is 50.7 Å². The molecule has 3 rings (SSSR count). The lowest BCUT2D eigenvalue weighted by Gasteiger charge is -1.98. The number of nitrogens with zero attached hydrogens (tertiary/aromatic N) is 2. The van der Waals surface area contributed by atoms with E-state index in [1.54, 1.807) is 18.5 Å². The Morgan fingerprint density at radius 2 is 1.95 bits per heavy atom. The molecule has 98 valence electrons. The van der Waals surface area contributed by atoms with E-state index >= 15 is 0 Å². The zero-order valence-electron chi connectivity index (χ0n) is 10.8. The Labute approximate surface area is 115 Å². The van der Waals surface area contributed by atoms with Crippen LogP contribution in [0.2, 0.25) is 0 Å². The lowest BCUT2D eigenvalue weighted by Crippen LogP contribution is -2.33. The number of pyridine rings is 1. The van der Waals surface area contributed by atoms with Crippen molar-refractivity contribution in [3.8, 4) is 5.69 Å². The van der Waals surface area contributed by atoms with Gasteiger partial charge in [-0.1, -0.05) is 30.8 Å². The zero-order chi connectivity index (χ0) is 13.9. The lowest BCUT2D eigenvalue weighted by atomic mass is 10.2. The summed E-state index contributed by atoms with van der Waals surface area (Å²) in [5.41, 5.74) is 1.53. The summed E-state index contributed by atoms with van der Waals surface area (Å²) in [6.07, 6.45) is 5.19. The average Bonchev–Trinajstić information content (AvgIpc) is 2.77. The third kappa shape index (κ3) is 2.19. The van der Waals surface area contributed by atoms with E-state index in [1.807, 2.05) is 42.5 Å². The van der Waals surface area contributed by atoms with E-state index in [0.29, 0.717) is 10.6 Å². The molecule has 1 N–H and O–H groups in total. The molecule has 0 aliphatic heterocycles. The molecule has 0 aliphatic rings. The predicted octanol–water partition coefficient (Wildman–Crippen LogP) is 0.800. The molecule has 0 aliphatic carbocycles. The van der Waals surface area contributed by atoms with Crippen LogP contribution in [-0.2, 0) is 0 Å². The van der Waals surface area contributed by atoms with Crippen molar-refractivity contribution in [3.05, 3.63) is 81.3 Å². The molecule has 2 aromatic heterocycles. The minimum absolute atomic E-state index is 0.120. The molecule has 0 atom stereocenters. The highest BCUT2D eigenvalue weighted by Gasteiger charge is 2.03. The van der Waals surface area contributed by atoms with Gasteiger partial charge >= 0.3 is 0 Å². The third-order valence-corrected chi connectivity index (χ3v) is 3.02. The predicted molar refractivity (Wildman–Crippen MR) is 79.0 cm³/mol. The van der Waals surface area contributed by atoms with Gasteiger partial charge in [0.05, 0.1) is 16.3 Å². The number of hydrogen-bond acceptors (Lipinski definition) is 2. The number of benzene rings is 1. The highest BCUT2D eigenvalue weighted by atomic mass is 16.1. The normalized spacial score (nSPS) is 11.7. The molecule has 2 heterocycles. The Morgan fingerprint density at radius 1 is 1.15 bits per heavy atom. The highest BCUT2D eigenvalue weighted by molar-refractivity contribution is 5.47. The molecule has 0 unspecified atom stereocenters. The number of rotatable bonds is 2. The molecule has 4 heteroatoms. The van der Waals surface area contributed by atoms with E-state index in [4.69, 9.17) is 0 Å². The smallest absolute Gasteiger partial charge is 0.279 e. The summed E-state index contributed by atoms with van der Waals surface area (Å²) in [6, 6.07) is 13.1. The Hall–Kier alpha value is -2.88. The van der Waals surface area contributed by atoms with Gasteiger partial charge in [-0.15, -0.1) is 0 Å². The molecule has 4 nitrogen and oxygen atoms in total. The van der Waals surface area contributed by atoms with Crippen molar-refractivity contribution in [1.29, 1.82) is 0 Å². The van der Waals surface area contributed by atoms with Crippen LogP contribution in [0.5, 0.6) is 0 Å². The maximum atomic E-state index is 12.4. The van der Waals surface area contributed by atoms with Crippen LogP contribution in [0.3, 0.4) is 0 Å². The number of H-pyrrole nitrogens is 1. The van der Waals surface area contributed by atoms with Gasteiger partial charge in [-0.2, -0.15) is 0 Å². The van der Waals surface area contributed by atoms with Crippen LogP contribution in [0.25, 0.3) is 18.3 Å². The van der Waals surface area contributed by atoms with E-state index in [-0.39, 0.29) is 5.56 Å². The minimum Gasteiger partial charge on any atom is -0.291 e. The summed E-state index contributed by atoms with van der Waals surface area (Å²) < 4.78 is 1.49. The maximum absolute atomic E-state index is 12.4. The Balaban J connectivity index is 2.21. The quantitative estimate of drug-likeness (QED) is 0.743. The van der Waals surface area contributed by atoms with Gasteiger partial charge in [0.2, 0.25) is 0 Å². The van der Waals surface area contributed by atoms with E-state index in [2.05, 4.69) is 16.7 Å². The zero-order valence-corrected chi connectivity index (χ0v) is 10.8. The molecule has 0 saturated heterocycles. The van der Waals surface area contributed by atoms with Crippen molar-refractivity contribution in [2.24, 2.45) is 0 Å². The molecule has 0 spiro atoms. The summed E-state index contributed by atoms with van der Waals surface area (Å²) in [5.74, 6) is 0. The molecular weight excluding hydrogens is 250 g/mol. The average molecular weight is 263 g/mol. The minimum atomic E-state index is -0.120. The number of hydrogen-bond donors (Lipinski definition) is 1. The van der Waals surface area contributed by atoms with Gasteiger partial charge in [-0.3, -0.25) is 14.9 Å². The van der Waals surface area contributed by atoms with Gasteiger partial charge in [0.15, 0.2) is 0 Å².